The maximum atomic E-state index is 12.5. The van der Waals surface area contributed by atoms with Crippen LogP contribution in [0.3, 0.4) is 0 Å². The average Bonchev–Trinajstić information content (AvgIpc) is 2.96. The van der Waals surface area contributed by atoms with Gasteiger partial charge in [0.25, 0.3) is 5.91 Å². The van der Waals surface area contributed by atoms with Gasteiger partial charge in [0, 0.05) is 13.1 Å². The molecule has 2 heterocycles. The zero-order valence-electron chi connectivity index (χ0n) is 17.0. The zero-order chi connectivity index (χ0) is 22.0. The van der Waals surface area contributed by atoms with E-state index >= 15 is 0 Å². The van der Waals surface area contributed by atoms with Gasteiger partial charge >= 0.3 is 6.09 Å². The summed E-state index contributed by atoms with van der Waals surface area (Å²) in [6, 6.07) is 14.3. The molecule has 166 valence electrons. The number of carbonyl (C=O) groups is 2. The molecule has 0 saturated carbocycles. The standard InChI is InChI=1S/C22H26N2O6S/c25-21-18-8-2-4-10-20(18)31(28,29)24(21)14-6-5-13-23(22(26)27)15-17-12-11-16-7-1-3-9-19(16)30-17/h1-4,7-10,17,28-29H,5-6,11-15H2,(H,26,27)/t17-/m1/s1. The Morgan fingerprint density at radius 1 is 1.13 bits per heavy atom. The summed E-state index contributed by atoms with van der Waals surface area (Å²) in [6.07, 6.45) is 1.33. The number of para-hydroxylation sites is 1. The van der Waals surface area contributed by atoms with Gasteiger partial charge in [-0.3, -0.25) is 13.9 Å². The van der Waals surface area contributed by atoms with Crippen molar-refractivity contribution in [1.29, 1.82) is 0 Å². The number of rotatable bonds is 7. The summed E-state index contributed by atoms with van der Waals surface area (Å²) in [7, 11) is -3.33. The lowest BCUT2D eigenvalue weighted by Gasteiger charge is -2.37. The molecule has 0 aromatic heterocycles. The highest BCUT2D eigenvalue weighted by Crippen LogP contribution is 2.58. The number of nitrogens with zero attached hydrogens (tertiary/aromatic N) is 2. The number of amides is 2. The van der Waals surface area contributed by atoms with Crippen LogP contribution in [0, 0.1) is 0 Å². The van der Waals surface area contributed by atoms with E-state index in [2.05, 4.69) is 0 Å². The third-order valence-corrected chi connectivity index (χ3v) is 7.59. The Morgan fingerprint density at radius 2 is 1.87 bits per heavy atom. The van der Waals surface area contributed by atoms with E-state index in [0.29, 0.717) is 18.4 Å². The van der Waals surface area contributed by atoms with Gasteiger partial charge in [-0.25, -0.2) is 9.10 Å². The van der Waals surface area contributed by atoms with Crippen molar-refractivity contribution in [2.75, 3.05) is 19.6 Å². The molecule has 0 saturated heterocycles. The summed E-state index contributed by atoms with van der Waals surface area (Å²) in [5.74, 6) is 0.404. The van der Waals surface area contributed by atoms with Crippen LogP contribution in [-0.2, 0) is 6.42 Å². The van der Waals surface area contributed by atoms with Crippen molar-refractivity contribution in [2.24, 2.45) is 0 Å². The van der Waals surface area contributed by atoms with Gasteiger partial charge in [-0.05, 0) is 49.4 Å². The number of aryl methyl sites for hydroxylation is 1. The first-order valence-electron chi connectivity index (χ1n) is 10.3. The van der Waals surface area contributed by atoms with Crippen LogP contribution >= 0.6 is 10.8 Å². The second kappa shape index (κ2) is 8.78. The predicted molar refractivity (Wildman–Crippen MR) is 117 cm³/mol. The molecule has 4 rings (SSSR count). The number of carbonyl (C=O) groups excluding carboxylic acids is 1. The molecule has 2 aromatic rings. The largest absolute Gasteiger partial charge is 0.488 e. The van der Waals surface area contributed by atoms with E-state index in [-0.39, 0.29) is 30.6 Å². The first-order chi connectivity index (χ1) is 14.9. The first kappa shape index (κ1) is 21.5. The fourth-order valence-corrected chi connectivity index (χ4v) is 5.72. The summed E-state index contributed by atoms with van der Waals surface area (Å²) < 4.78 is 28.0. The number of unbranched alkanes of at least 4 members (excludes halogenated alkanes) is 1. The van der Waals surface area contributed by atoms with E-state index in [0.717, 1.165) is 28.5 Å². The van der Waals surface area contributed by atoms with Crippen LogP contribution in [0.4, 0.5) is 4.79 Å². The van der Waals surface area contributed by atoms with Crippen molar-refractivity contribution in [3.63, 3.8) is 0 Å². The van der Waals surface area contributed by atoms with Gasteiger partial charge in [0.15, 0.2) is 0 Å². The van der Waals surface area contributed by atoms with Gasteiger partial charge in [-0.2, -0.15) is 0 Å². The van der Waals surface area contributed by atoms with Crippen LogP contribution in [0.5, 0.6) is 5.75 Å². The third-order valence-electron chi connectivity index (χ3n) is 5.68. The molecule has 2 amide bonds. The lowest BCUT2D eigenvalue weighted by atomic mass is 10.0. The molecule has 2 aliphatic rings. The Bertz CT molecular complexity index is 982. The van der Waals surface area contributed by atoms with Gasteiger partial charge in [0.2, 0.25) is 0 Å². The molecule has 2 aliphatic heterocycles. The van der Waals surface area contributed by atoms with E-state index in [4.69, 9.17) is 4.74 Å². The molecule has 0 unspecified atom stereocenters. The van der Waals surface area contributed by atoms with E-state index in [9.17, 15) is 23.8 Å². The lowest BCUT2D eigenvalue weighted by molar-refractivity contribution is 0.0852. The minimum Gasteiger partial charge on any atom is -0.488 e. The third kappa shape index (κ3) is 4.34. The molecule has 9 heteroatoms. The second-order valence-corrected chi connectivity index (χ2v) is 9.66. The number of benzene rings is 2. The molecule has 31 heavy (non-hydrogen) atoms. The number of hydrogen-bond acceptors (Lipinski definition) is 5. The van der Waals surface area contributed by atoms with Crippen LogP contribution in [-0.4, -0.2) is 61.2 Å². The zero-order valence-corrected chi connectivity index (χ0v) is 17.8. The van der Waals surface area contributed by atoms with Crippen molar-refractivity contribution in [2.45, 2.75) is 36.7 Å². The number of carboxylic acid groups (broad SMARTS) is 1. The van der Waals surface area contributed by atoms with E-state index in [1.165, 1.54) is 4.90 Å². The number of ether oxygens (including phenoxy) is 1. The molecule has 0 bridgehead atoms. The van der Waals surface area contributed by atoms with Crippen molar-refractivity contribution in [3.05, 3.63) is 59.7 Å². The van der Waals surface area contributed by atoms with Crippen molar-refractivity contribution in [1.82, 2.24) is 9.21 Å². The van der Waals surface area contributed by atoms with Gasteiger partial charge in [0.1, 0.15) is 11.9 Å². The Kier molecular flexibility index (Phi) is 6.08. The van der Waals surface area contributed by atoms with E-state index < -0.39 is 22.8 Å². The Morgan fingerprint density at radius 3 is 2.65 bits per heavy atom. The SMILES string of the molecule is O=C(O)N(CCCCN1C(=O)c2ccccc2S1(O)O)C[C@H]1CCc2ccccc2O1. The smallest absolute Gasteiger partial charge is 0.407 e. The Labute approximate surface area is 182 Å². The average molecular weight is 447 g/mol. The lowest BCUT2D eigenvalue weighted by Crippen LogP contribution is -2.41. The summed E-state index contributed by atoms with van der Waals surface area (Å²) in [5, 5.41) is 9.58. The van der Waals surface area contributed by atoms with Gasteiger partial charge in [-0.1, -0.05) is 41.1 Å². The Hall–Kier alpha value is -2.75. The minimum absolute atomic E-state index is 0.149. The summed E-state index contributed by atoms with van der Waals surface area (Å²) in [5.41, 5.74) is 1.44. The molecule has 0 radical (unpaired) electrons. The fraction of sp³-hybridized carbons (Fsp3) is 0.364. The number of fused-ring (bicyclic) bond motifs is 2. The van der Waals surface area contributed by atoms with Gasteiger partial charge < -0.3 is 14.7 Å². The quantitative estimate of drug-likeness (QED) is 0.546. The highest BCUT2D eigenvalue weighted by Gasteiger charge is 2.40. The van der Waals surface area contributed by atoms with E-state index in [1.807, 2.05) is 24.3 Å². The van der Waals surface area contributed by atoms with Crippen molar-refractivity contribution >= 4 is 22.8 Å². The first-order valence-corrected chi connectivity index (χ1v) is 11.8. The van der Waals surface area contributed by atoms with Crippen molar-refractivity contribution in [3.8, 4) is 5.75 Å². The summed E-state index contributed by atoms with van der Waals surface area (Å²) in [6.45, 7) is 0.703. The molecular weight excluding hydrogens is 420 g/mol. The van der Waals surface area contributed by atoms with Crippen LogP contribution < -0.4 is 4.74 Å². The topological polar surface area (TPSA) is 111 Å². The molecule has 0 aliphatic carbocycles. The number of hydrogen-bond donors (Lipinski definition) is 3. The highest BCUT2D eigenvalue weighted by molar-refractivity contribution is 8.23. The van der Waals surface area contributed by atoms with Crippen LogP contribution in [0.25, 0.3) is 0 Å². The Balaban J connectivity index is 1.29. The van der Waals surface area contributed by atoms with Crippen molar-refractivity contribution < 1.29 is 28.5 Å². The predicted octanol–water partition coefficient (Wildman–Crippen LogP) is 4.32. The maximum Gasteiger partial charge on any atom is 0.407 e. The molecule has 2 aromatic carbocycles. The molecule has 0 spiro atoms. The van der Waals surface area contributed by atoms with Crippen LogP contribution in [0.2, 0.25) is 0 Å². The normalized spacial score (nSPS) is 19.9. The molecular formula is C22H26N2O6S. The van der Waals surface area contributed by atoms with Crippen LogP contribution in [0.15, 0.2) is 53.4 Å². The highest BCUT2D eigenvalue weighted by atomic mass is 32.3. The van der Waals surface area contributed by atoms with Crippen LogP contribution in [0.1, 0.15) is 35.2 Å². The monoisotopic (exact) mass is 446 g/mol. The van der Waals surface area contributed by atoms with E-state index in [1.54, 1.807) is 24.3 Å². The molecule has 8 nitrogen and oxygen atoms in total. The summed E-state index contributed by atoms with van der Waals surface area (Å²) >= 11 is 0. The minimum atomic E-state index is -3.33. The molecule has 1 atom stereocenters. The van der Waals surface area contributed by atoms with Gasteiger partial charge in [-0.15, -0.1) is 0 Å². The summed E-state index contributed by atoms with van der Waals surface area (Å²) in [4.78, 5) is 25.8. The molecule has 0 fully saturated rings. The van der Waals surface area contributed by atoms with Gasteiger partial charge in [0.05, 0.1) is 17.0 Å². The fourth-order valence-electron chi connectivity index (χ4n) is 4.06. The maximum absolute atomic E-state index is 12.5. The second-order valence-electron chi connectivity index (χ2n) is 7.74. The molecule has 3 N–H and O–H groups in total.